The maximum atomic E-state index is 12.7. The number of hydrogen-bond acceptors (Lipinski definition) is 3. The maximum absolute atomic E-state index is 12.7. The highest BCUT2D eigenvalue weighted by Crippen LogP contribution is 2.42. The molecule has 5 heteroatoms. The number of hydrogen-bond donors (Lipinski definition) is 1. The molecule has 2 aliphatic heterocycles. The first kappa shape index (κ1) is 18.5. The number of aliphatic hydroxyl groups is 1. The Hall–Kier alpha value is -1.88. The molecule has 1 atom stereocenters. The third kappa shape index (κ3) is 3.75. The second-order valence-corrected chi connectivity index (χ2v) is 8.60. The zero-order valence-electron chi connectivity index (χ0n) is 16.0. The lowest BCUT2D eigenvalue weighted by atomic mass is 9.72. The minimum atomic E-state index is -1.08. The molecule has 4 rings (SSSR count). The molecule has 3 aliphatic rings. The van der Waals surface area contributed by atoms with Gasteiger partial charge in [0.1, 0.15) is 0 Å². The topological polar surface area (TPSA) is 60.9 Å². The van der Waals surface area contributed by atoms with Crippen molar-refractivity contribution in [1.82, 2.24) is 9.80 Å². The summed E-state index contributed by atoms with van der Waals surface area (Å²) in [5.41, 5.74) is 0.809. The van der Waals surface area contributed by atoms with Crippen LogP contribution in [0.5, 0.6) is 0 Å². The SMILES string of the molecule is O=C([C@@H](O)c1ccccc1)N1CCC2(CCC(=O)N(C3CCCC3)C2)CC1. The lowest BCUT2D eigenvalue weighted by molar-refractivity contribution is -0.148. The van der Waals surface area contributed by atoms with Crippen molar-refractivity contribution in [3.05, 3.63) is 35.9 Å². The summed E-state index contributed by atoms with van der Waals surface area (Å²) < 4.78 is 0. The minimum absolute atomic E-state index is 0.158. The van der Waals surface area contributed by atoms with Crippen molar-refractivity contribution in [2.24, 2.45) is 5.41 Å². The van der Waals surface area contributed by atoms with Gasteiger partial charge in [-0.3, -0.25) is 9.59 Å². The van der Waals surface area contributed by atoms with Crippen LogP contribution in [0.3, 0.4) is 0 Å². The molecular formula is C22H30N2O3. The number of piperidine rings is 2. The number of likely N-dealkylation sites (tertiary alicyclic amines) is 2. The number of carbonyl (C=O) groups is 2. The quantitative estimate of drug-likeness (QED) is 0.890. The van der Waals surface area contributed by atoms with Crippen molar-refractivity contribution in [3.63, 3.8) is 0 Å². The molecule has 2 amide bonds. The van der Waals surface area contributed by atoms with E-state index in [4.69, 9.17) is 0 Å². The van der Waals surface area contributed by atoms with Crippen molar-refractivity contribution in [2.75, 3.05) is 19.6 Å². The van der Waals surface area contributed by atoms with Gasteiger partial charge < -0.3 is 14.9 Å². The fourth-order valence-electron chi connectivity index (χ4n) is 5.15. The zero-order valence-corrected chi connectivity index (χ0v) is 16.0. The van der Waals surface area contributed by atoms with E-state index in [1.165, 1.54) is 12.8 Å². The molecule has 146 valence electrons. The molecule has 3 fully saturated rings. The van der Waals surface area contributed by atoms with Gasteiger partial charge in [-0.25, -0.2) is 0 Å². The molecule has 0 radical (unpaired) electrons. The fourth-order valence-corrected chi connectivity index (χ4v) is 5.15. The van der Waals surface area contributed by atoms with Crippen molar-refractivity contribution in [1.29, 1.82) is 0 Å². The number of amides is 2. The van der Waals surface area contributed by atoms with E-state index < -0.39 is 6.10 Å². The molecular weight excluding hydrogens is 340 g/mol. The largest absolute Gasteiger partial charge is 0.378 e. The van der Waals surface area contributed by atoms with Crippen LogP contribution in [0.1, 0.15) is 63.0 Å². The molecule has 1 spiro atoms. The van der Waals surface area contributed by atoms with E-state index in [9.17, 15) is 14.7 Å². The van der Waals surface area contributed by atoms with Crippen LogP contribution in [-0.4, -0.2) is 52.4 Å². The van der Waals surface area contributed by atoms with E-state index in [1.807, 2.05) is 18.2 Å². The predicted octanol–water partition coefficient (Wildman–Crippen LogP) is 2.89. The molecule has 2 heterocycles. The van der Waals surface area contributed by atoms with Crippen molar-refractivity contribution < 1.29 is 14.7 Å². The van der Waals surface area contributed by atoms with Gasteiger partial charge in [0.2, 0.25) is 5.91 Å². The molecule has 1 saturated carbocycles. The van der Waals surface area contributed by atoms with E-state index in [2.05, 4.69) is 4.90 Å². The molecule has 27 heavy (non-hydrogen) atoms. The van der Waals surface area contributed by atoms with Gasteiger partial charge in [0.15, 0.2) is 6.10 Å². The molecule has 1 N–H and O–H groups in total. The summed E-state index contributed by atoms with van der Waals surface area (Å²) in [5, 5.41) is 10.4. The lowest BCUT2D eigenvalue weighted by Gasteiger charge is -2.49. The maximum Gasteiger partial charge on any atom is 0.256 e. The lowest BCUT2D eigenvalue weighted by Crippen LogP contribution is -2.54. The second-order valence-electron chi connectivity index (χ2n) is 8.60. The predicted molar refractivity (Wildman–Crippen MR) is 103 cm³/mol. The van der Waals surface area contributed by atoms with Crippen molar-refractivity contribution >= 4 is 11.8 Å². The Morgan fingerprint density at radius 2 is 1.74 bits per heavy atom. The monoisotopic (exact) mass is 370 g/mol. The van der Waals surface area contributed by atoms with Crippen LogP contribution in [0.2, 0.25) is 0 Å². The average molecular weight is 370 g/mol. The molecule has 0 unspecified atom stereocenters. The highest BCUT2D eigenvalue weighted by atomic mass is 16.3. The van der Waals surface area contributed by atoms with Gasteiger partial charge in [0.05, 0.1) is 0 Å². The highest BCUT2D eigenvalue weighted by Gasteiger charge is 2.44. The van der Waals surface area contributed by atoms with Gasteiger partial charge in [0.25, 0.3) is 5.91 Å². The number of aliphatic hydroxyl groups excluding tert-OH is 1. The van der Waals surface area contributed by atoms with Crippen LogP contribution in [0.15, 0.2) is 30.3 Å². The van der Waals surface area contributed by atoms with Crippen molar-refractivity contribution in [2.45, 2.75) is 63.5 Å². The van der Waals surface area contributed by atoms with Crippen LogP contribution >= 0.6 is 0 Å². The van der Waals surface area contributed by atoms with Crippen LogP contribution in [-0.2, 0) is 9.59 Å². The first-order valence-electron chi connectivity index (χ1n) is 10.4. The Morgan fingerprint density at radius 3 is 2.41 bits per heavy atom. The summed E-state index contributed by atoms with van der Waals surface area (Å²) in [6.45, 7) is 2.21. The molecule has 1 aromatic carbocycles. The molecule has 5 nitrogen and oxygen atoms in total. The molecule has 2 saturated heterocycles. The van der Waals surface area contributed by atoms with Crippen LogP contribution in [0.25, 0.3) is 0 Å². The van der Waals surface area contributed by atoms with Gasteiger partial charge in [-0.05, 0) is 43.1 Å². The standard InChI is InChI=1S/C22H30N2O3/c25-19-10-11-22(16-24(19)18-8-4-5-9-18)12-14-23(15-13-22)21(27)20(26)17-6-2-1-3-7-17/h1-3,6-7,18,20,26H,4-5,8-16H2/t20-/m0/s1. The van der Waals surface area contributed by atoms with Crippen molar-refractivity contribution in [3.8, 4) is 0 Å². The van der Waals surface area contributed by atoms with Crippen LogP contribution in [0.4, 0.5) is 0 Å². The second kappa shape index (κ2) is 7.63. The van der Waals surface area contributed by atoms with Gasteiger partial charge in [-0.2, -0.15) is 0 Å². The number of rotatable bonds is 3. The highest BCUT2D eigenvalue weighted by molar-refractivity contribution is 5.82. The van der Waals surface area contributed by atoms with E-state index in [0.717, 1.165) is 38.6 Å². The van der Waals surface area contributed by atoms with Gasteiger partial charge in [-0.15, -0.1) is 0 Å². The summed E-state index contributed by atoms with van der Waals surface area (Å²) in [6.07, 6.45) is 7.14. The Balaban J connectivity index is 1.38. The van der Waals surface area contributed by atoms with Crippen LogP contribution < -0.4 is 0 Å². The van der Waals surface area contributed by atoms with E-state index >= 15 is 0 Å². The fraction of sp³-hybridized carbons (Fsp3) is 0.636. The molecule has 1 aliphatic carbocycles. The Morgan fingerprint density at radius 1 is 1.07 bits per heavy atom. The zero-order chi connectivity index (χ0) is 18.9. The first-order chi connectivity index (χ1) is 13.1. The Kier molecular flexibility index (Phi) is 5.22. The van der Waals surface area contributed by atoms with E-state index in [-0.39, 0.29) is 11.3 Å². The third-order valence-corrected chi connectivity index (χ3v) is 6.95. The molecule has 0 bridgehead atoms. The Bertz CT molecular complexity index is 676. The average Bonchev–Trinajstić information content (AvgIpc) is 3.25. The number of nitrogens with zero attached hydrogens (tertiary/aromatic N) is 2. The third-order valence-electron chi connectivity index (χ3n) is 6.95. The summed E-state index contributed by atoms with van der Waals surface area (Å²) >= 11 is 0. The summed E-state index contributed by atoms with van der Waals surface area (Å²) in [6, 6.07) is 9.59. The normalized spacial score (nSPS) is 24.4. The van der Waals surface area contributed by atoms with E-state index in [1.54, 1.807) is 17.0 Å². The summed E-state index contributed by atoms with van der Waals surface area (Å²) in [7, 11) is 0. The Labute approximate surface area is 161 Å². The number of carbonyl (C=O) groups excluding carboxylic acids is 2. The molecule has 1 aromatic rings. The van der Waals surface area contributed by atoms with Gasteiger partial charge in [0, 0.05) is 32.1 Å². The summed E-state index contributed by atoms with van der Waals surface area (Å²) in [4.78, 5) is 29.1. The van der Waals surface area contributed by atoms with Crippen LogP contribution in [0, 0.1) is 5.41 Å². The van der Waals surface area contributed by atoms with Gasteiger partial charge in [-0.1, -0.05) is 43.2 Å². The summed E-state index contributed by atoms with van der Waals surface area (Å²) in [5.74, 6) is 0.126. The smallest absolute Gasteiger partial charge is 0.256 e. The van der Waals surface area contributed by atoms with Gasteiger partial charge >= 0.3 is 0 Å². The first-order valence-corrected chi connectivity index (χ1v) is 10.4. The minimum Gasteiger partial charge on any atom is -0.378 e. The molecule has 0 aromatic heterocycles. The van der Waals surface area contributed by atoms with E-state index in [0.29, 0.717) is 37.0 Å². The number of benzene rings is 1.